The van der Waals surface area contributed by atoms with E-state index in [9.17, 15) is 4.79 Å². The first-order valence-electron chi connectivity index (χ1n) is 7.18. The van der Waals surface area contributed by atoms with Gasteiger partial charge in [-0.1, -0.05) is 40.2 Å². The molecule has 6 heteroatoms. The highest BCUT2D eigenvalue weighted by molar-refractivity contribution is 9.10. The van der Waals surface area contributed by atoms with Gasteiger partial charge in [0.1, 0.15) is 0 Å². The second kappa shape index (κ2) is 5.03. The van der Waals surface area contributed by atoms with E-state index in [1.807, 2.05) is 49.4 Å². The van der Waals surface area contributed by atoms with E-state index >= 15 is 0 Å². The Balaban J connectivity index is 2.05. The van der Waals surface area contributed by atoms with E-state index in [1.165, 1.54) is 0 Å². The van der Waals surface area contributed by atoms with Gasteiger partial charge in [0.25, 0.3) is 5.56 Å². The lowest BCUT2D eigenvalue weighted by molar-refractivity contribution is 0.292. The van der Waals surface area contributed by atoms with Gasteiger partial charge < -0.3 is 0 Å². The molecule has 0 aliphatic carbocycles. The maximum Gasteiger partial charge on any atom is 0.263 e. The van der Waals surface area contributed by atoms with Crippen LogP contribution in [0.25, 0.3) is 10.9 Å². The van der Waals surface area contributed by atoms with Crippen LogP contribution in [0.2, 0.25) is 0 Å². The van der Waals surface area contributed by atoms with Crippen molar-refractivity contribution < 1.29 is 0 Å². The number of hydrogen-bond donors (Lipinski definition) is 1. The highest BCUT2D eigenvalue weighted by atomic mass is 79.9. The van der Waals surface area contributed by atoms with Crippen molar-refractivity contribution in [2.45, 2.75) is 12.6 Å². The van der Waals surface area contributed by atoms with E-state index in [-0.39, 0.29) is 5.56 Å². The zero-order chi connectivity index (χ0) is 16.0. The van der Waals surface area contributed by atoms with Crippen LogP contribution in [0.3, 0.4) is 0 Å². The molecule has 23 heavy (non-hydrogen) atoms. The molecule has 0 fully saturated rings. The molecule has 2 aromatic carbocycles. The number of para-hydroxylation sites is 1. The molecule has 0 saturated carbocycles. The summed E-state index contributed by atoms with van der Waals surface area (Å²) in [6.07, 6.45) is 1.58. The fourth-order valence-corrected chi connectivity index (χ4v) is 3.17. The average molecular weight is 369 g/mol. The standard InChI is InChI=1S/C17H13BrN4O/c1-17(11-6-8-12(18)9-7-11)21-19-10-15-20-14-5-3-2-4-13(14)16(23)22(15)17/h2-10,21H,1H3. The molecule has 0 amide bonds. The van der Waals surface area contributed by atoms with Crippen LogP contribution in [0.5, 0.6) is 0 Å². The number of aromatic nitrogens is 2. The van der Waals surface area contributed by atoms with Gasteiger partial charge in [0.15, 0.2) is 11.5 Å². The van der Waals surface area contributed by atoms with E-state index in [1.54, 1.807) is 16.8 Å². The van der Waals surface area contributed by atoms with Crippen LogP contribution in [-0.4, -0.2) is 15.8 Å². The summed E-state index contributed by atoms with van der Waals surface area (Å²) in [5.41, 5.74) is 3.79. The van der Waals surface area contributed by atoms with E-state index in [2.05, 4.69) is 31.4 Å². The molecule has 0 spiro atoms. The molecule has 1 aliphatic rings. The molecule has 2 heterocycles. The Morgan fingerprint density at radius 3 is 2.65 bits per heavy atom. The third-order valence-corrected chi connectivity index (χ3v) is 4.65. The summed E-state index contributed by atoms with van der Waals surface area (Å²) in [5, 5.41) is 4.80. The number of hydrazone groups is 1. The number of halogens is 1. The first-order valence-corrected chi connectivity index (χ1v) is 7.97. The molecule has 5 nitrogen and oxygen atoms in total. The third-order valence-electron chi connectivity index (χ3n) is 4.12. The van der Waals surface area contributed by atoms with Crippen molar-refractivity contribution in [3.8, 4) is 0 Å². The topological polar surface area (TPSA) is 59.3 Å². The summed E-state index contributed by atoms with van der Waals surface area (Å²) < 4.78 is 2.64. The van der Waals surface area contributed by atoms with Gasteiger partial charge in [0.2, 0.25) is 0 Å². The lowest BCUT2D eigenvalue weighted by atomic mass is 10.0. The van der Waals surface area contributed by atoms with Gasteiger partial charge in [-0.15, -0.1) is 0 Å². The van der Waals surface area contributed by atoms with Gasteiger partial charge in [0, 0.05) is 4.47 Å². The van der Waals surface area contributed by atoms with Crippen LogP contribution in [0.1, 0.15) is 18.3 Å². The highest BCUT2D eigenvalue weighted by Gasteiger charge is 2.34. The van der Waals surface area contributed by atoms with Gasteiger partial charge in [-0.25, -0.2) is 4.98 Å². The van der Waals surface area contributed by atoms with E-state index in [4.69, 9.17) is 0 Å². The Labute approximate surface area is 140 Å². The number of rotatable bonds is 1. The average Bonchev–Trinajstić information content (AvgIpc) is 2.55. The summed E-state index contributed by atoms with van der Waals surface area (Å²) in [6.45, 7) is 1.92. The van der Waals surface area contributed by atoms with Crippen LogP contribution in [0, 0.1) is 0 Å². The highest BCUT2D eigenvalue weighted by Crippen LogP contribution is 2.26. The number of nitrogens with one attached hydrogen (secondary N) is 1. The number of benzene rings is 2. The summed E-state index contributed by atoms with van der Waals surface area (Å²) in [5.74, 6) is 0.540. The Bertz CT molecular complexity index is 994. The van der Waals surface area contributed by atoms with Crippen molar-refractivity contribution in [1.29, 1.82) is 0 Å². The van der Waals surface area contributed by atoms with Crippen molar-refractivity contribution in [2.24, 2.45) is 5.10 Å². The molecule has 0 saturated heterocycles. The van der Waals surface area contributed by atoms with E-state index in [0.29, 0.717) is 16.7 Å². The lowest BCUT2D eigenvalue weighted by Crippen LogP contribution is -2.52. The predicted octanol–water partition coefficient (Wildman–Crippen LogP) is 2.82. The summed E-state index contributed by atoms with van der Waals surface area (Å²) in [6, 6.07) is 15.2. The van der Waals surface area contributed by atoms with Crippen molar-refractivity contribution in [3.63, 3.8) is 0 Å². The molecule has 1 aromatic heterocycles. The largest absolute Gasteiger partial charge is 0.280 e. The molecule has 1 N–H and O–H groups in total. The van der Waals surface area contributed by atoms with E-state index in [0.717, 1.165) is 10.0 Å². The van der Waals surface area contributed by atoms with Crippen LogP contribution in [0.15, 0.2) is 62.9 Å². The minimum absolute atomic E-state index is 0.0883. The monoisotopic (exact) mass is 368 g/mol. The first kappa shape index (κ1) is 14.1. The molecular weight excluding hydrogens is 356 g/mol. The molecule has 114 valence electrons. The summed E-state index contributed by atoms with van der Waals surface area (Å²) >= 11 is 3.43. The lowest BCUT2D eigenvalue weighted by Gasteiger charge is -2.35. The Hall–Kier alpha value is -2.47. The quantitative estimate of drug-likeness (QED) is 0.718. The van der Waals surface area contributed by atoms with Crippen LogP contribution in [-0.2, 0) is 5.66 Å². The van der Waals surface area contributed by atoms with E-state index < -0.39 is 5.66 Å². The van der Waals surface area contributed by atoms with Crippen molar-refractivity contribution in [3.05, 3.63) is 74.7 Å². The molecule has 0 radical (unpaired) electrons. The molecule has 4 rings (SSSR count). The van der Waals surface area contributed by atoms with Crippen molar-refractivity contribution in [1.82, 2.24) is 15.0 Å². The fraction of sp³-hybridized carbons (Fsp3) is 0.118. The smallest absolute Gasteiger partial charge is 0.263 e. The minimum Gasteiger partial charge on any atom is -0.280 e. The zero-order valence-corrected chi connectivity index (χ0v) is 13.9. The normalized spacial score (nSPS) is 19.4. The zero-order valence-electron chi connectivity index (χ0n) is 12.3. The van der Waals surface area contributed by atoms with Crippen molar-refractivity contribution in [2.75, 3.05) is 0 Å². The molecule has 0 bridgehead atoms. The van der Waals surface area contributed by atoms with Crippen LogP contribution < -0.4 is 11.0 Å². The summed E-state index contributed by atoms with van der Waals surface area (Å²) in [4.78, 5) is 17.6. The maximum atomic E-state index is 13.0. The maximum absolute atomic E-state index is 13.0. The molecule has 1 aliphatic heterocycles. The molecular formula is C17H13BrN4O. The van der Waals surface area contributed by atoms with Gasteiger partial charge in [0.05, 0.1) is 17.1 Å². The van der Waals surface area contributed by atoms with Crippen LogP contribution in [0.4, 0.5) is 0 Å². The van der Waals surface area contributed by atoms with Crippen LogP contribution >= 0.6 is 15.9 Å². The second-order valence-corrected chi connectivity index (χ2v) is 6.49. The Morgan fingerprint density at radius 2 is 1.87 bits per heavy atom. The number of fused-ring (bicyclic) bond motifs is 2. The molecule has 1 atom stereocenters. The Morgan fingerprint density at radius 1 is 1.13 bits per heavy atom. The molecule has 3 aromatic rings. The van der Waals surface area contributed by atoms with Gasteiger partial charge in [-0.2, -0.15) is 5.10 Å². The van der Waals surface area contributed by atoms with Gasteiger partial charge in [-0.05, 0) is 36.8 Å². The minimum atomic E-state index is -0.793. The third kappa shape index (κ3) is 2.09. The first-order chi connectivity index (χ1) is 11.1. The SMILES string of the molecule is CC1(c2ccc(Br)cc2)NN=Cc2nc3ccccc3c(=O)n21. The van der Waals surface area contributed by atoms with Gasteiger partial charge in [-0.3, -0.25) is 14.8 Å². The number of hydrogen-bond acceptors (Lipinski definition) is 4. The summed E-state index contributed by atoms with van der Waals surface area (Å²) in [7, 11) is 0. The predicted molar refractivity (Wildman–Crippen MR) is 93.6 cm³/mol. The number of nitrogens with zero attached hydrogens (tertiary/aromatic N) is 3. The fourth-order valence-electron chi connectivity index (χ4n) is 2.90. The Kier molecular flexibility index (Phi) is 3.09. The second-order valence-electron chi connectivity index (χ2n) is 5.58. The van der Waals surface area contributed by atoms with Gasteiger partial charge >= 0.3 is 0 Å². The molecule has 1 unspecified atom stereocenters. The van der Waals surface area contributed by atoms with Crippen molar-refractivity contribution >= 4 is 33.0 Å².